The SMILES string of the molecule is COc1ccc(-n2c(=O)c3c4c(sc3n3c(SCC(=O)c5ccccc5)nnc23)COC(C)(C)C4)cc1. The third kappa shape index (κ3) is 4.14. The highest BCUT2D eigenvalue weighted by atomic mass is 32.2. The number of benzene rings is 2. The van der Waals surface area contributed by atoms with Crippen LogP contribution in [0.25, 0.3) is 21.7 Å². The summed E-state index contributed by atoms with van der Waals surface area (Å²) in [6.07, 6.45) is 0.628. The van der Waals surface area contributed by atoms with Crippen LogP contribution in [-0.2, 0) is 17.8 Å². The second-order valence-corrected chi connectivity index (χ2v) is 11.5. The molecule has 188 valence electrons. The van der Waals surface area contributed by atoms with Crippen LogP contribution in [0.15, 0.2) is 64.5 Å². The van der Waals surface area contributed by atoms with Gasteiger partial charge in [-0.25, -0.2) is 8.97 Å². The molecule has 1 aliphatic rings. The first-order chi connectivity index (χ1) is 17.9. The molecular formula is C27H24N4O4S2. The molecule has 0 atom stereocenters. The van der Waals surface area contributed by atoms with Crippen molar-refractivity contribution in [2.24, 2.45) is 0 Å². The molecule has 0 aliphatic carbocycles. The summed E-state index contributed by atoms with van der Waals surface area (Å²) in [6, 6.07) is 16.5. The van der Waals surface area contributed by atoms with E-state index in [2.05, 4.69) is 10.2 Å². The van der Waals surface area contributed by atoms with E-state index in [1.54, 1.807) is 23.8 Å². The Morgan fingerprint density at radius 2 is 1.89 bits per heavy atom. The molecule has 8 nitrogen and oxygen atoms in total. The van der Waals surface area contributed by atoms with Crippen molar-refractivity contribution < 1.29 is 14.3 Å². The summed E-state index contributed by atoms with van der Waals surface area (Å²) in [4.78, 5) is 28.7. The fraction of sp³-hybridized carbons (Fsp3) is 0.259. The fourth-order valence-electron chi connectivity index (χ4n) is 4.60. The summed E-state index contributed by atoms with van der Waals surface area (Å²) in [5, 5.41) is 10.1. The predicted octanol–water partition coefficient (Wildman–Crippen LogP) is 4.93. The number of rotatable bonds is 6. The lowest BCUT2D eigenvalue weighted by Gasteiger charge is -2.29. The molecule has 0 fully saturated rings. The maximum Gasteiger partial charge on any atom is 0.268 e. The Morgan fingerprint density at radius 3 is 2.62 bits per heavy atom. The number of hydrogen-bond donors (Lipinski definition) is 0. The van der Waals surface area contributed by atoms with E-state index in [0.29, 0.717) is 46.3 Å². The Kier molecular flexibility index (Phi) is 5.89. The molecule has 0 amide bonds. The fourth-order valence-corrected chi connectivity index (χ4v) is 6.71. The van der Waals surface area contributed by atoms with Gasteiger partial charge in [0.2, 0.25) is 5.78 Å². The van der Waals surface area contributed by atoms with Crippen molar-refractivity contribution in [2.45, 2.75) is 37.6 Å². The summed E-state index contributed by atoms with van der Waals surface area (Å²) in [5.74, 6) is 1.30. The number of ether oxygens (including phenoxy) is 2. The Hall–Kier alpha value is -3.47. The third-order valence-corrected chi connectivity index (χ3v) is 8.58. The highest BCUT2D eigenvalue weighted by molar-refractivity contribution is 7.99. The average molecular weight is 533 g/mol. The van der Waals surface area contributed by atoms with Gasteiger partial charge in [0, 0.05) is 16.9 Å². The van der Waals surface area contributed by atoms with Gasteiger partial charge in [0.25, 0.3) is 5.56 Å². The van der Waals surface area contributed by atoms with Crippen LogP contribution in [0.5, 0.6) is 5.75 Å². The monoisotopic (exact) mass is 532 g/mol. The van der Waals surface area contributed by atoms with Crippen molar-refractivity contribution in [3.8, 4) is 11.4 Å². The van der Waals surface area contributed by atoms with Crippen LogP contribution in [0.4, 0.5) is 0 Å². The molecule has 0 radical (unpaired) electrons. The van der Waals surface area contributed by atoms with Crippen LogP contribution in [0.3, 0.4) is 0 Å². The molecule has 5 aromatic rings. The number of thiophene rings is 1. The number of hydrogen-bond acceptors (Lipinski definition) is 8. The minimum Gasteiger partial charge on any atom is -0.497 e. The number of aromatic nitrogens is 4. The van der Waals surface area contributed by atoms with Gasteiger partial charge < -0.3 is 9.47 Å². The molecular weight excluding hydrogens is 508 g/mol. The zero-order valence-corrected chi connectivity index (χ0v) is 22.2. The standard InChI is InChI=1S/C27H24N4O4S2/c1-27(2)13-19-21(14-35-27)37-24-22(19)23(33)30(17-9-11-18(34-3)12-10-17)25-28-29-26(31(24)25)36-15-20(32)16-7-5-4-6-8-16/h4-12H,13-15H2,1-3H3. The molecule has 37 heavy (non-hydrogen) atoms. The van der Waals surface area contributed by atoms with Crippen LogP contribution in [0, 0.1) is 0 Å². The van der Waals surface area contributed by atoms with E-state index in [9.17, 15) is 9.59 Å². The van der Waals surface area contributed by atoms with E-state index in [4.69, 9.17) is 9.47 Å². The molecule has 2 aromatic carbocycles. The van der Waals surface area contributed by atoms with Gasteiger partial charge in [-0.2, -0.15) is 0 Å². The van der Waals surface area contributed by atoms with Crippen LogP contribution >= 0.6 is 23.1 Å². The van der Waals surface area contributed by atoms with E-state index in [1.165, 1.54) is 23.1 Å². The van der Waals surface area contributed by atoms with E-state index in [-0.39, 0.29) is 22.7 Å². The quantitative estimate of drug-likeness (QED) is 0.226. The maximum atomic E-state index is 14.1. The average Bonchev–Trinajstić information content (AvgIpc) is 3.49. The molecule has 3 aromatic heterocycles. The maximum absolute atomic E-state index is 14.1. The van der Waals surface area contributed by atoms with Gasteiger partial charge in [0.1, 0.15) is 10.6 Å². The number of methoxy groups -OCH3 is 1. The number of fused-ring (bicyclic) bond motifs is 5. The lowest BCUT2D eigenvalue weighted by molar-refractivity contribution is -0.0379. The third-order valence-electron chi connectivity index (χ3n) is 6.46. The van der Waals surface area contributed by atoms with Crippen LogP contribution in [0.1, 0.15) is 34.6 Å². The zero-order valence-electron chi connectivity index (χ0n) is 20.6. The number of ketones is 1. The van der Waals surface area contributed by atoms with Crippen molar-refractivity contribution in [3.05, 3.63) is 81.0 Å². The second kappa shape index (κ2) is 9.13. The first-order valence-corrected chi connectivity index (χ1v) is 13.6. The highest BCUT2D eigenvalue weighted by Gasteiger charge is 2.32. The number of nitrogens with zero attached hydrogens (tertiary/aromatic N) is 4. The summed E-state index contributed by atoms with van der Waals surface area (Å²) >= 11 is 2.85. The molecule has 0 N–H and O–H groups in total. The first-order valence-electron chi connectivity index (χ1n) is 11.8. The first kappa shape index (κ1) is 23.9. The van der Waals surface area contributed by atoms with Gasteiger partial charge in [-0.15, -0.1) is 21.5 Å². The number of thioether (sulfide) groups is 1. The minimum absolute atomic E-state index is 0.00249. The largest absolute Gasteiger partial charge is 0.497 e. The smallest absolute Gasteiger partial charge is 0.268 e. The molecule has 0 saturated carbocycles. The molecule has 6 rings (SSSR count). The van der Waals surface area contributed by atoms with Crippen molar-refractivity contribution >= 4 is 44.9 Å². The van der Waals surface area contributed by atoms with Gasteiger partial charge >= 0.3 is 0 Å². The van der Waals surface area contributed by atoms with Gasteiger partial charge in [-0.1, -0.05) is 42.1 Å². The van der Waals surface area contributed by atoms with E-state index < -0.39 is 0 Å². The Labute approximate surface area is 220 Å². The number of carbonyl (C=O) groups excluding carboxylic acids is 1. The van der Waals surface area contributed by atoms with E-state index in [1.807, 2.05) is 60.7 Å². The zero-order chi connectivity index (χ0) is 25.7. The molecule has 0 unspecified atom stereocenters. The molecule has 0 saturated heterocycles. The Bertz CT molecular complexity index is 1700. The van der Waals surface area contributed by atoms with Gasteiger partial charge in [-0.05, 0) is 43.7 Å². The summed E-state index contributed by atoms with van der Waals surface area (Å²) in [5.41, 5.74) is 1.80. The van der Waals surface area contributed by atoms with E-state index in [0.717, 1.165) is 15.3 Å². The Morgan fingerprint density at radius 1 is 1.14 bits per heavy atom. The van der Waals surface area contributed by atoms with Crippen molar-refractivity contribution in [3.63, 3.8) is 0 Å². The number of carbonyl (C=O) groups is 1. The highest BCUT2D eigenvalue weighted by Crippen LogP contribution is 2.39. The van der Waals surface area contributed by atoms with Crippen LogP contribution in [-0.4, -0.2) is 43.4 Å². The summed E-state index contributed by atoms with van der Waals surface area (Å²) in [7, 11) is 1.60. The minimum atomic E-state index is -0.375. The lowest BCUT2D eigenvalue weighted by Crippen LogP contribution is -2.32. The summed E-state index contributed by atoms with van der Waals surface area (Å²) in [6.45, 7) is 4.52. The van der Waals surface area contributed by atoms with Gasteiger partial charge in [0.05, 0.1) is 36.1 Å². The molecule has 0 spiro atoms. The number of Topliss-reactive ketones (excluding diaryl/α,β-unsaturated/α-hetero) is 1. The Balaban J connectivity index is 1.55. The lowest BCUT2D eigenvalue weighted by atomic mass is 9.94. The van der Waals surface area contributed by atoms with Gasteiger partial charge in [0.15, 0.2) is 10.9 Å². The van der Waals surface area contributed by atoms with Crippen molar-refractivity contribution in [1.82, 2.24) is 19.2 Å². The van der Waals surface area contributed by atoms with Crippen LogP contribution in [0.2, 0.25) is 0 Å². The van der Waals surface area contributed by atoms with E-state index >= 15 is 0 Å². The van der Waals surface area contributed by atoms with Crippen molar-refractivity contribution in [2.75, 3.05) is 12.9 Å². The summed E-state index contributed by atoms with van der Waals surface area (Å²) < 4.78 is 14.8. The van der Waals surface area contributed by atoms with Crippen LogP contribution < -0.4 is 10.3 Å². The second-order valence-electron chi connectivity index (χ2n) is 9.44. The normalized spacial score (nSPS) is 14.7. The van der Waals surface area contributed by atoms with Gasteiger partial charge in [-0.3, -0.25) is 9.59 Å². The molecule has 10 heteroatoms. The van der Waals surface area contributed by atoms with Crippen molar-refractivity contribution in [1.29, 1.82) is 0 Å². The molecule has 1 aliphatic heterocycles. The molecule has 0 bridgehead atoms. The molecule has 4 heterocycles. The topological polar surface area (TPSA) is 87.7 Å². The predicted molar refractivity (Wildman–Crippen MR) is 145 cm³/mol.